The van der Waals surface area contributed by atoms with Gasteiger partial charge in [-0.15, -0.1) is 0 Å². The highest BCUT2D eigenvalue weighted by Gasteiger charge is 2.41. The molecule has 0 spiro atoms. The van der Waals surface area contributed by atoms with Gasteiger partial charge in [0.25, 0.3) is 0 Å². The first-order chi connectivity index (χ1) is 25.3. The molecule has 0 heterocycles. The van der Waals surface area contributed by atoms with Crippen molar-refractivity contribution in [2.45, 2.75) is 6.42 Å². The van der Waals surface area contributed by atoms with Crippen molar-refractivity contribution >= 4 is 33.9 Å². The largest absolute Gasteiger partial charge is 0.0795 e. The summed E-state index contributed by atoms with van der Waals surface area (Å²) in [6.45, 7) is 0. The first-order valence-electron chi connectivity index (χ1n) is 17.8. The Morgan fingerprint density at radius 1 is 0.275 bits per heavy atom. The monoisotopic (exact) mass is 646 g/mol. The van der Waals surface area contributed by atoms with Crippen molar-refractivity contribution in [2.75, 3.05) is 0 Å². The van der Waals surface area contributed by atoms with Crippen LogP contribution in [0.4, 0.5) is 0 Å². The van der Waals surface area contributed by atoms with Crippen LogP contribution in [0.3, 0.4) is 0 Å². The Labute approximate surface area is 299 Å². The molecule has 7 aromatic rings. The Morgan fingerprint density at radius 2 is 0.686 bits per heavy atom. The van der Waals surface area contributed by atoms with Gasteiger partial charge < -0.3 is 0 Å². The molecule has 10 rings (SSSR count). The number of hydrogen-bond donors (Lipinski definition) is 0. The Kier molecular flexibility index (Phi) is 6.99. The zero-order valence-electron chi connectivity index (χ0n) is 28.2. The average molecular weight is 647 g/mol. The van der Waals surface area contributed by atoms with Crippen LogP contribution in [0.1, 0.15) is 44.5 Å². The summed E-state index contributed by atoms with van der Waals surface area (Å²) in [5.74, 6) is 0. The molecular weight excluding hydrogens is 613 g/mol. The molecular formula is C51H34. The first-order valence-corrected chi connectivity index (χ1v) is 17.8. The van der Waals surface area contributed by atoms with Gasteiger partial charge in [-0.05, 0) is 119 Å². The molecule has 0 saturated heterocycles. The summed E-state index contributed by atoms with van der Waals surface area (Å²) in [6.07, 6.45) is 5.62. The highest BCUT2D eigenvalue weighted by molar-refractivity contribution is 6.39. The van der Waals surface area contributed by atoms with Gasteiger partial charge in [0.1, 0.15) is 0 Å². The van der Waals surface area contributed by atoms with E-state index >= 15 is 0 Å². The molecule has 7 aromatic carbocycles. The normalized spacial score (nSPS) is 14.3. The van der Waals surface area contributed by atoms with E-state index < -0.39 is 0 Å². The van der Waals surface area contributed by atoms with Crippen LogP contribution in [0.25, 0.3) is 56.2 Å². The van der Waals surface area contributed by atoms with Gasteiger partial charge in [-0.3, -0.25) is 0 Å². The van der Waals surface area contributed by atoms with Crippen LogP contribution in [0, 0.1) is 0 Å². The molecule has 51 heavy (non-hydrogen) atoms. The Hall–Kier alpha value is -6.50. The summed E-state index contributed by atoms with van der Waals surface area (Å²) in [7, 11) is 0. The lowest BCUT2D eigenvalue weighted by atomic mass is 9.83. The lowest BCUT2D eigenvalue weighted by Gasteiger charge is -2.20. The van der Waals surface area contributed by atoms with Crippen LogP contribution < -0.4 is 0 Å². The van der Waals surface area contributed by atoms with E-state index in [9.17, 15) is 0 Å². The summed E-state index contributed by atoms with van der Waals surface area (Å²) in [5.41, 5.74) is 23.1. The van der Waals surface area contributed by atoms with Crippen molar-refractivity contribution in [1.29, 1.82) is 0 Å². The third-order valence-corrected chi connectivity index (χ3v) is 10.6. The van der Waals surface area contributed by atoms with E-state index in [-0.39, 0.29) is 0 Å². The zero-order chi connectivity index (χ0) is 33.7. The molecule has 3 aliphatic carbocycles. The molecule has 0 radical (unpaired) electrons. The number of fused-ring (bicyclic) bond motifs is 4. The van der Waals surface area contributed by atoms with Gasteiger partial charge in [0.15, 0.2) is 0 Å². The van der Waals surface area contributed by atoms with E-state index in [1.807, 2.05) is 0 Å². The summed E-state index contributed by atoms with van der Waals surface area (Å²) < 4.78 is 0. The molecule has 0 heteroatoms. The molecule has 0 aromatic heterocycles. The second kappa shape index (κ2) is 12.1. The average Bonchev–Trinajstić information content (AvgIpc) is 3.91. The minimum absolute atomic E-state index is 0.967. The zero-order valence-corrected chi connectivity index (χ0v) is 28.2. The quantitative estimate of drug-likeness (QED) is 0.169. The second-order valence-corrected chi connectivity index (χ2v) is 13.5. The third-order valence-electron chi connectivity index (χ3n) is 10.6. The smallest absolute Gasteiger partial charge is 0.000137 e. The van der Waals surface area contributed by atoms with Gasteiger partial charge in [0, 0.05) is 0 Å². The van der Waals surface area contributed by atoms with Crippen LogP contribution in [0.5, 0.6) is 0 Å². The van der Waals surface area contributed by atoms with Crippen molar-refractivity contribution in [2.24, 2.45) is 0 Å². The van der Waals surface area contributed by atoms with E-state index in [4.69, 9.17) is 0 Å². The molecule has 0 unspecified atom stereocenters. The van der Waals surface area contributed by atoms with Gasteiger partial charge in [-0.2, -0.15) is 0 Å². The highest BCUT2D eigenvalue weighted by Crippen LogP contribution is 2.63. The van der Waals surface area contributed by atoms with E-state index in [2.05, 4.69) is 194 Å². The molecule has 0 saturated carbocycles. The predicted octanol–water partition coefficient (Wildman–Crippen LogP) is 12.9. The molecule has 0 amide bonds. The molecule has 0 bridgehead atoms. The second-order valence-electron chi connectivity index (χ2n) is 13.5. The van der Waals surface area contributed by atoms with Crippen LogP contribution in [0.15, 0.2) is 194 Å². The summed E-state index contributed by atoms with van der Waals surface area (Å²) in [5, 5.41) is 0. The maximum absolute atomic E-state index is 2.49. The van der Waals surface area contributed by atoms with Crippen molar-refractivity contribution < 1.29 is 0 Å². The first kappa shape index (κ1) is 29.4. The van der Waals surface area contributed by atoms with Gasteiger partial charge in [0.2, 0.25) is 0 Å². The van der Waals surface area contributed by atoms with Crippen LogP contribution in [-0.2, 0) is 6.42 Å². The SMILES string of the molecule is C1=Cc2c(cccc2C2=C3C(=C(c4ccccc4)c4cc(-c5ccccc5)c(-c5ccccc5)cc43)C(c3ccccc3)=C2c2ccccc2)C1. The van der Waals surface area contributed by atoms with E-state index in [1.165, 1.54) is 100 Å². The van der Waals surface area contributed by atoms with Crippen molar-refractivity contribution in [3.8, 4) is 22.3 Å². The number of benzene rings is 7. The van der Waals surface area contributed by atoms with Gasteiger partial charge in [-0.25, -0.2) is 0 Å². The third kappa shape index (κ3) is 4.76. The fraction of sp³-hybridized carbons (Fsp3) is 0.0196. The molecule has 0 aliphatic heterocycles. The van der Waals surface area contributed by atoms with Gasteiger partial charge in [0.05, 0.1) is 0 Å². The van der Waals surface area contributed by atoms with Crippen LogP contribution >= 0.6 is 0 Å². The lowest BCUT2D eigenvalue weighted by molar-refractivity contribution is 1.30. The molecule has 0 atom stereocenters. The molecule has 3 aliphatic rings. The fourth-order valence-electron chi connectivity index (χ4n) is 8.48. The Balaban J connectivity index is 1.41. The standard InChI is InChI=1S/C51H34/c1-6-18-35(19-7-1)42-32-44-45(33-43(42)36-20-8-2-9-21-36)50-49(41-31-17-29-34-28-16-30-40(34)41)47(38-24-12-4-13-25-38)48(39-26-14-5-15-27-39)51(50)46(44)37-22-10-3-11-23-37/h1-27,29-33H,28H2. The lowest BCUT2D eigenvalue weighted by Crippen LogP contribution is -1.98. The van der Waals surface area contributed by atoms with E-state index in [0.29, 0.717) is 0 Å². The molecule has 0 nitrogen and oxygen atoms in total. The fourth-order valence-corrected chi connectivity index (χ4v) is 8.48. The topological polar surface area (TPSA) is 0 Å². The molecule has 238 valence electrons. The van der Waals surface area contributed by atoms with Crippen molar-refractivity contribution in [3.05, 3.63) is 238 Å². The number of allylic oxidation sites excluding steroid dienone is 6. The van der Waals surface area contributed by atoms with E-state index in [1.54, 1.807) is 0 Å². The minimum atomic E-state index is 0.967. The van der Waals surface area contributed by atoms with Crippen LogP contribution in [0.2, 0.25) is 0 Å². The van der Waals surface area contributed by atoms with E-state index in [0.717, 1.165) is 6.42 Å². The maximum Gasteiger partial charge on any atom is -0.000137 e. The van der Waals surface area contributed by atoms with Crippen LogP contribution in [-0.4, -0.2) is 0 Å². The van der Waals surface area contributed by atoms with Gasteiger partial charge >= 0.3 is 0 Å². The van der Waals surface area contributed by atoms with Crippen molar-refractivity contribution in [3.63, 3.8) is 0 Å². The highest BCUT2D eigenvalue weighted by atomic mass is 14.4. The summed E-state index contributed by atoms with van der Waals surface area (Å²) in [6, 6.07) is 66.8. The minimum Gasteiger partial charge on any atom is -0.0795 e. The summed E-state index contributed by atoms with van der Waals surface area (Å²) in [4.78, 5) is 0. The number of rotatable bonds is 6. The molecule has 0 N–H and O–H groups in total. The Morgan fingerprint density at radius 3 is 1.20 bits per heavy atom. The maximum atomic E-state index is 2.49. The Bertz CT molecular complexity index is 2580. The van der Waals surface area contributed by atoms with Gasteiger partial charge in [-0.1, -0.05) is 182 Å². The molecule has 0 fully saturated rings. The van der Waals surface area contributed by atoms with Crippen molar-refractivity contribution in [1.82, 2.24) is 0 Å². The predicted molar refractivity (Wildman–Crippen MR) is 215 cm³/mol. The number of hydrogen-bond acceptors (Lipinski definition) is 0. The summed E-state index contributed by atoms with van der Waals surface area (Å²) >= 11 is 0.